The summed E-state index contributed by atoms with van der Waals surface area (Å²) >= 11 is 1.25. The van der Waals surface area contributed by atoms with Crippen molar-refractivity contribution in [3.05, 3.63) is 46.9 Å². The zero-order chi connectivity index (χ0) is 20.8. The molecule has 0 spiro atoms. The summed E-state index contributed by atoms with van der Waals surface area (Å²) in [6, 6.07) is 11.0. The number of benzene rings is 2. The maximum atomic E-state index is 12.4. The van der Waals surface area contributed by atoms with Crippen LogP contribution in [0.4, 0.5) is 5.69 Å². The van der Waals surface area contributed by atoms with E-state index in [2.05, 4.69) is 10.3 Å². The predicted octanol–water partition coefficient (Wildman–Crippen LogP) is 4.00. The minimum atomic E-state index is -0.226. The Morgan fingerprint density at radius 1 is 1.03 bits per heavy atom. The van der Waals surface area contributed by atoms with Gasteiger partial charge in [-0.05, 0) is 54.6 Å². The fourth-order valence-electron chi connectivity index (χ4n) is 2.75. The van der Waals surface area contributed by atoms with Crippen LogP contribution >= 0.6 is 11.8 Å². The number of nitrogens with zero attached hydrogens (tertiary/aromatic N) is 1. The second kappa shape index (κ2) is 9.38. The quantitative estimate of drug-likeness (QED) is 0.690. The summed E-state index contributed by atoms with van der Waals surface area (Å²) in [7, 11) is 4.64. The van der Waals surface area contributed by atoms with Crippen LogP contribution in [0.2, 0.25) is 0 Å². The molecule has 3 rings (SSSR count). The molecule has 0 aliphatic carbocycles. The first kappa shape index (κ1) is 20.6. The van der Waals surface area contributed by atoms with Crippen molar-refractivity contribution in [2.75, 3.05) is 27.9 Å². The molecule has 2 aromatic rings. The third-order valence-corrected chi connectivity index (χ3v) is 4.93. The molecule has 2 aromatic carbocycles. The highest BCUT2D eigenvalue weighted by molar-refractivity contribution is 8.18. The lowest BCUT2D eigenvalue weighted by molar-refractivity contribution is -0.115. The highest BCUT2D eigenvalue weighted by Gasteiger charge is 2.25. The van der Waals surface area contributed by atoms with Gasteiger partial charge in [0.1, 0.15) is 11.4 Å². The van der Waals surface area contributed by atoms with E-state index >= 15 is 0 Å². The maximum absolute atomic E-state index is 12.4. The highest BCUT2D eigenvalue weighted by Crippen LogP contribution is 2.39. The third kappa shape index (κ3) is 4.65. The van der Waals surface area contributed by atoms with Crippen LogP contribution in [0, 0.1) is 0 Å². The van der Waals surface area contributed by atoms with Gasteiger partial charge in [-0.3, -0.25) is 4.79 Å². The zero-order valence-corrected chi connectivity index (χ0v) is 17.5. The van der Waals surface area contributed by atoms with E-state index in [1.807, 2.05) is 31.2 Å². The molecule has 0 atom stereocenters. The van der Waals surface area contributed by atoms with Crippen molar-refractivity contribution < 1.29 is 23.7 Å². The monoisotopic (exact) mass is 414 g/mol. The molecular weight excluding hydrogens is 392 g/mol. The molecule has 0 aromatic heterocycles. The summed E-state index contributed by atoms with van der Waals surface area (Å²) in [5.74, 6) is 1.97. The molecule has 1 aliphatic heterocycles. The number of carbonyl (C=O) groups is 1. The topological polar surface area (TPSA) is 78.4 Å². The van der Waals surface area contributed by atoms with Crippen molar-refractivity contribution in [1.29, 1.82) is 0 Å². The average Bonchev–Trinajstić information content (AvgIpc) is 3.07. The van der Waals surface area contributed by atoms with Crippen LogP contribution in [-0.2, 0) is 4.79 Å². The van der Waals surface area contributed by atoms with Gasteiger partial charge >= 0.3 is 0 Å². The molecule has 1 N–H and O–H groups in total. The summed E-state index contributed by atoms with van der Waals surface area (Å²) < 4.78 is 21.7. The summed E-state index contributed by atoms with van der Waals surface area (Å²) in [6.07, 6.45) is 1.75. The summed E-state index contributed by atoms with van der Waals surface area (Å²) in [4.78, 5) is 17.5. The van der Waals surface area contributed by atoms with Crippen molar-refractivity contribution in [3.63, 3.8) is 0 Å². The standard InChI is InChI=1S/C21H22N2O5S/c1-5-28-15-9-7-6-8-14(15)22-21-23-20(24)18(29-21)12-13-10-16(25-2)19(27-4)17(11-13)26-3/h6-12H,5H2,1-4H3,(H,22,23,24)/b18-12-. The van der Waals surface area contributed by atoms with Crippen molar-refractivity contribution in [3.8, 4) is 23.0 Å². The minimum absolute atomic E-state index is 0.226. The molecule has 0 saturated carbocycles. The molecule has 1 aliphatic rings. The number of amides is 1. The number of thioether (sulfide) groups is 1. The number of rotatable bonds is 7. The van der Waals surface area contributed by atoms with Crippen LogP contribution in [0.15, 0.2) is 46.3 Å². The molecule has 1 fully saturated rings. The average molecular weight is 414 g/mol. The van der Waals surface area contributed by atoms with Crippen LogP contribution in [0.3, 0.4) is 0 Å². The van der Waals surface area contributed by atoms with Gasteiger partial charge in [0.2, 0.25) is 5.75 Å². The van der Waals surface area contributed by atoms with Crippen LogP contribution in [0.5, 0.6) is 23.0 Å². The molecule has 1 amide bonds. The molecule has 0 radical (unpaired) electrons. The number of methoxy groups -OCH3 is 3. The van der Waals surface area contributed by atoms with Gasteiger partial charge < -0.3 is 24.3 Å². The van der Waals surface area contributed by atoms with E-state index in [9.17, 15) is 4.79 Å². The number of nitrogens with one attached hydrogen (secondary N) is 1. The second-order valence-corrected chi connectivity index (χ2v) is 6.87. The summed E-state index contributed by atoms with van der Waals surface area (Å²) in [6.45, 7) is 2.45. The highest BCUT2D eigenvalue weighted by atomic mass is 32.2. The van der Waals surface area contributed by atoms with Gasteiger partial charge in [0.05, 0.1) is 32.8 Å². The van der Waals surface area contributed by atoms with Crippen molar-refractivity contribution in [2.45, 2.75) is 6.92 Å². The molecule has 1 saturated heterocycles. The molecule has 0 unspecified atom stereocenters. The lowest BCUT2D eigenvalue weighted by Crippen LogP contribution is -2.19. The van der Waals surface area contributed by atoms with Crippen molar-refractivity contribution >= 4 is 34.6 Å². The number of aliphatic imine (C=N–C) groups is 1. The summed E-state index contributed by atoms with van der Waals surface area (Å²) in [5, 5.41) is 3.27. The molecule has 7 nitrogen and oxygen atoms in total. The van der Waals surface area contributed by atoms with E-state index < -0.39 is 0 Å². The first-order valence-electron chi connectivity index (χ1n) is 8.91. The number of hydrogen-bond acceptors (Lipinski definition) is 7. The SMILES string of the molecule is CCOc1ccccc1N=C1NC(=O)/C(=C/c2cc(OC)c(OC)c(OC)c2)S1. The normalized spacial score (nSPS) is 16.1. The fraction of sp³-hybridized carbons (Fsp3) is 0.238. The van der Waals surface area contributed by atoms with E-state index in [1.165, 1.54) is 11.8 Å². The van der Waals surface area contributed by atoms with Crippen molar-refractivity contribution in [2.24, 2.45) is 4.99 Å². The smallest absolute Gasteiger partial charge is 0.264 e. The molecule has 1 heterocycles. The van der Waals surface area contributed by atoms with E-state index in [4.69, 9.17) is 18.9 Å². The van der Waals surface area contributed by atoms with E-state index in [0.717, 1.165) is 5.56 Å². The summed E-state index contributed by atoms with van der Waals surface area (Å²) in [5.41, 5.74) is 1.40. The van der Waals surface area contributed by atoms with E-state index in [-0.39, 0.29) is 5.91 Å². The lowest BCUT2D eigenvalue weighted by Gasteiger charge is -2.12. The Morgan fingerprint density at radius 3 is 2.34 bits per heavy atom. The first-order valence-corrected chi connectivity index (χ1v) is 9.72. The van der Waals surface area contributed by atoms with Gasteiger partial charge in [-0.2, -0.15) is 0 Å². The minimum Gasteiger partial charge on any atom is -0.493 e. The molecule has 8 heteroatoms. The number of ether oxygens (including phenoxy) is 4. The van der Waals surface area contributed by atoms with Gasteiger partial charge in [0.15, 0.2) is 16.7 Å². The Morgan fingerprint density at radius 2 is 1.72 bits per heavy atom. The zero-order valence-electron chi connectivity index (χ0n) is 16.6. The molecular formula is C21H22N2O5S. The third-order valence-electron chi connectivity index (χ3n) is 4.02. The largest absolute Gasteiger partial charge is 0.493 e. The van der Waals surface area contributed by atoms with Gasteiger partial charge in [0, 0.05) is 0 Å². The maximum Gasteiger partial charge on any atom is 0.264 e. The van der Waals surface area contributed by atoms with E-state index in [0.29, 0.717) is 45.4 Å². The van der Waals surface area contributed by atoms with Gasteiger partial charge in [0.25, 0.3) is 5.91 Å². The Labute approximate surface area is 173 Å². The van der Waals surface area contributed by atoms with Crippen molar-refractivity contribution in [1.82, 2.24) is 5.32 Å². The van der Waals surface area contributed by atoms with Gasteiger partial charge in [-0.15, -0.1) is 0 Å². The Balaban J connectivity index is 1.90. The number of hydrogen-bond donors (Lipinski definition) is 1. The Bertz CT molecular complexity index is 946. The van der Waals surface area contributed by atoms with Gasteiger partial charge in [-0.1, -0.05) is 12.1 Å². The molecule has 152 valence electrons. The second-order valence-electron chi connectivity index (χ2n) is 5.84. The molecule has 29 heavy (non-hydrogen) atoms. The van der Waals surface area contributed by atoms with Crippen LogP contribution < -0.4 is 24.3 Å². The number of para-hydroxylation sites is 2. The van der Waals surface area contributed by atoms with E-state index in [1.54, 1.807) is 39.5 Å². The number of amidine groups is 1. The van der Waals surface area contributed by atoms with Crippen LogP contribution in [-0.4, -0.2) is 39.0 Å². The Hall–Kier alpha value is -3.13. The number of carbonyl (C=O) groups excluding carboxylic acids is 1. The van der Waals surface area contributed by atoms with Crippen LogP contribution in [0.1, 0.15) is 12.5 Å². The molecule has 0 bridgehead atoms. The fourth-order valence-corrected chi connectivity index (χ4v) is 3.59. The first-order chi connectivity index (χ1) is 14.1. The van der Waals surface area contributed by atoms with Gasteiger partial charge in [-0.25, -0.2) is 4.99 Å². The van der Waals surface area contributed by atoms with Crippen LogP contribution in [0.25, 0.3) is 6.08 Å². The lowest BCUT2D eigenvalue weighted by atomic mass is 10.1. The predicted molar refractivity (Wildman–Crippen MR) is 115 cm³/mol. The Kier molecular flexibility index (Phi) is 6.66.